The average molecular weight is 301 g/mol. The number of aromatic nitrogens is 3. The van der Waals surface area contributed by atoms with Crippen molar-refractivity contribution >= 4 is 42.5 Å². The summed E-state index contributed by atoms with van der Waals surface area (Å²) in [5.74, 6) is 0.722. The van der Waals surface area contributed by atoms with Crippen LogP contribution >= 0.6 is 11.3 Å². The highest BCUT2D eigenvalue weighted by Crippen LogP contribution is 2.41. The normalized spacial score (nSPS) is 11.6. The highest BCUT2D eigenvalue weighted by molar-refractivity contribution is 7.25. The molecule has 0 unspecified atom stereocenters. The lowest BCUT2D eigenvalue weighted by Gasteiger charge is -2.03. The number of thiophene rings is 1. The molecule has 0 radical (unpaired) electrons. The molecule has 104 valence electrons. The number of para-hydroxylation sites is 1. The summed E-state index contributed by atoms with van der Waals surface area (Å²) in [4.78, 5) is 10.1. The highest BCUT2D eigenvalue weighted by atomic mass is 32.1. The maximum absolute atomic E-state index is 4.45. The monoisotopic (exact) mass is 301 g/mol. The van der Waals surface area contributed by atoms with E-state index in [1.165, 1.54) is 25.7 Å². The van der Waals surface area contributed by atoms with Crippen molar-refractivity contribution in [1.82, 2.24) is 14.5 Å². The third-order valence-corrected chi connectivity index (χ3v) is 5.10. The zero-order valence-corrected chi connectivity index (χ0v) is 12.4. The van der Waals surface area contributed by atoms with E-state index in [2.05, 4.69) is 63.1 Å². The molecule has 4 heteroatoms. The summed E-state index contributed by atoms with van der Waals surface area (Å²) in [6, 6.07) is 18.9. The van der Waals surface area contributed by atoms with Crippen LogP contribution in [-0.4, -0.2) is 14.5 Å². The van der Waals surface area contributed by atoms with Crippen LogP contribution in [0.2, 0.25) is 0 Å². The van der Waals surface area contributed by atoms with Gasteiger partial charge in [0.15, 0.2) is 0 Å². The third kappa shape index (κ3) is 1.50. The van der Waals surface area contributed by atoms with Gasteiger partial charge in [-0.05, 0) is 18.2 Å². The Labute approximate surface area is 130 Å². The predicted molar refractivity (Wildman–Crippen MR) is 91.8 cm³/mol. The molecule has 0 aliphatic rings. The summed E-state index contributed by atoms with van der Waals surface area (Å²) >= 11 is 1.79. The van der Waals surface area contributed by atoms with Crippen LogP contribution in [0.25, 0.3) is 37.2 Å². The summed E-state index contributed by atoms with van der Waals surface area (Å²) in [5.41, 5.74) is 1.15. The Morgan fingerprint density at radius 2 is 1.50 bits per heavy atom. The first-order valence-electron chi connectivity index (χ1n) is 7.11. The Balaban J connectivity index is 2.07. The van der Waals surface area contributed by atoms with Crippen LogP contribution in [-0.2, 0) is 0 Å². The number of hydrogen-bond acceptors (Lipinski definition) is 3. The van der Waals surface area contributed by atoms with Crippen molar-refractivity contribution in [3.05, 3.63) is 67.0 Å². The van der Waals surface area contributed by atoms with Gasteiger partial charge in [-0.15, -0.1) is 11.3 Å². The van der Waals surface area contributed by atoms with E-state index in [1.54, 1.807) is 23.7 Å². The zero-order chi connectivity index (χ0) is 14.5. The minimum atomic E-state index is 0.722. The summed E-state index contributed by atoms with van der Waals surface area (Å²) in [5, 5.41) is 3.85. The van der Waals surface area contributed by atoms with Crippen LogP contribution in [0.1, 0.15) is 0 Å². The quantitative estimate of drug-likeness (QED) is 0.446. The van der Waals surface area contributed by atoms with Crippen molar-refractivity contribution in [2.45, 2.75) is 0 Å². The molecule has 3 nitrogen and oxygen atoms in total. The van der Waals surface area contributed by atoms with Crippen molar-refractivity contribution in [2.75, 3.05) is 0 Å². The molecule has 0 amide bonds. The van der Waals surface area contributed by atoms with Gasteiger partial charge in [0.05, 0.1) is 5.52 Å². The first kappa shape index (κ1) is 11.9. The van der Waals surface area contributed by atoms with Crippen LogP contribution in [0.4, 0.5) is 0 Å². The summed E-state index contributed by atoms with van der Waals surface area (Å²) in [6.07, 6.45) is 3.58. The van der Waals surface area contributed by atoms with Crippen molar-refractivity contribution in [2.24, 2.45) is 0 Å². The lowest BCUT2D eigenvalue weighted by atomic mass is 10.1. The molecular weight excluding hydrogens is 290 g/mol. The summed E-state index contributed by atoms with van der Waals surface area (Å²) in [6.45, 7) is 0. The van der Waals surface area contributed by atoms with Crippen molar-refractivity contribution in [3.63, 3.8) is 0 Å². The van der Waals surface area contributed by atoms with E-state index < -0.39 is 0 Å². The molecule has 22 heavy (non-hydrogen) atoms. The Bertz CT molecular complexity index is 1120. The molecule has 0 saturated heterocycles. The molecule has 0 aliphatic heterocycles. The van der Waals surface area contributed by atoms with Crippen molar-refractivity contribution < 1.29 is 0 Å². The molecule has 5 aromatic rings. The lowest BCUT2D eigenvalue weighted by Crippen LogP contribution is -1.98. The average Bonchev–Trinajstić information content (AvgIpc) is 3.10. The molecule has 0 spiro atoms. The third-order valence-electron chi connectivity index (χ3n) is 3.95. The molecule has 0 aliphatic carbocycles. The van der Waals surface area contributed by atoms with Crippen LogP contribution in [0.15, 0.2) is 67.0 Å². The number of rotatable bonds is 1. The zero-order valence-electron chi connectivity index (χ0n) is 11.6. The summed E-state index contributed by atoms with van der Waals surface area (Å²) in [7, 11) is 0. The fourth-order valence-corrected chi connectivity index (χ4v) is 4.27. The van der Waals surface area contributed by atoms with Gasteiger partial charge in [-0.25, -0.2) is 9.97 Å². The van der Waals surface area contributed by atoms with E-state index in [1.807, 2.05) is 6.07 Å². The molecule has 3 heterocycles. The van der Waals surface area contributed by atoms with E-state index >= 15 is 0 Å². The van der Waals surface area contributed by atoms with Gasteiger partial charge in [0, 0.05) is 33.3 Å². The largest absolute Gasteiger partial charge is 0.269 e. The first-order chi connectivity index (χ1) is 10.9. The SMILES string of the molecule is c1cnc(-n2c3ccccc3c3c4ccccc4sc32)nc1. The molecule has 0 bridgehead atoms. The van der Waals surface area contributed by atoms with Gasteiger partial charge in [0.25, 0.3) is 0 Å². The molecule has 0 saturated carbocycles. The summed E-state index contributed by atoms with van der Waals surface area (Å²) < 4.78 is 3.46. The van der Waals surface area contributed by atoms with Crippen LogP contribution in [0.5, 0.6) is 0 Å². The molecule has 2 aromatic carbocycles. The van der Waals surface area contributed by atoms with Crippen LogP contribution in [0, 0.1) is 0 Å². The van der Waals surface area contributed by atoms with Gasteiger partial charge in [0.1, 0.15) is 4.83 Å². The molecular formula is C18H11N3S. The van der Waals surface area contributed by atoms with E-state index in [-0.39, 0.29) is 0 Å². The van der Waals surface area contributed by atoms with Gasteiger partial charge in [-0.1, -0.05) is 36.4 Å². The number of hydrogen-bond donors (Lipinski definition) is 0. The van der Waals surface area contributed by atoms with Gasteiger partial charge in [-0.2, -0.15) is 0 Å². The Kier molecular flexibility index (Phi) is 2.37. The molecule has 5 rings (SSSR count). The highest BCUT2D eigenvalue weighted by Gasteiger charge is 2.17. The van der Waals surface area contributed by atoms with Gasteiger partial charge in [-0.3, -0.25) is 4.57 Å². The standard InChI is InChI=1S/C18H11N3S/c1-3-8-14-12(6-1)16-13-7-2-4-9-15(13)22-17(16)21(14)18-19-10-5-11-20-18/h1-11H. The van der Waals surface area contributed by atoms with Crippen LogP contribution < -0.4 is 0 Å². The van der Waals surface area contributed by atoms with E-state index in [0.717, 1.165) is 11.5 Å². The minimum absolute atomic E-state index is 0.722. The Morgan fingerprint density at radius 1 is 0.773 bits per heavy atom. The van der Waals surface area contributed by atoms with E-state index in [9.17, 15) is 0 Å². The lowest BCUT2D eigenvalue weighted by molar-refractivity contribution is 0.994. The smallest absolute Gasteiger partial charge is 0.235 e. The molecule has 0 fully saturated rings. The first-order valence-corrected chi connectivity index (χ1v) is 7.93. The van der Waals surface area contributed by atoms with Gasteiger partial charge < -0.3 is 0 Å². The maximum atomic E-state index is 4.45. The van der Waals surface area contributed by atoms with E-state index in [0.29, 0.717) is 0 Å². The number of benzene rings is 2. The second-order valence-electron chi connectivity index (χ2n) is 5.18. The minimum Gasteiger partial charge on any atom is -0.269 e. The number of nitrogens with zero attached hydrogens (tertiary/aromatic N) is 3. The molecule has 0 atom stereocenters. The Hall–Kier alpha value is -2.72. The van der Waals surface area contributed by atoms with Crippen molar-refractivity contribution in [1.29, 1.82) is 0 Å². The Morgan fingerprint density at radius 3 is 2.36 bits per heavy atom. The second kappa shape index (κ2) is 4.39. The van der Waals surface area contributed by atoms with Gasteiger partial charge in [0.2, 0.25) is 5.95 Å². The topological polar surface area (TPSA) is 30.7 Å². The van der Waals surface area contributed by atoms with Gasteiger partial charge >= 0.3 is 0 Å². The van der Waals surface area contributed by atoms with Crippen LogP contribution in [0.3, 0.4) is 0 Å². The number of fused-ring (bicyclic) bond motifs is 5. The maximum Gasteiger partial charge on any atom is 0.235 e. The molecule has 0 N–H and O–H groups in total. The van der Waals surface area contributed by atoms with E-state index in [4.69, 9.17) is 0 Å². The predicted octanol–water partition coefficient (Wildman–Crippen LogP) is 4.79. The fraction of sp³-hybridized carbons (Fsp3) is 0. The van der Waals surface area contributed by atoms with Crippen molar-refractivity contribution in [3.8, 4) is 5.95 Å². The molecule has 3 aromatic heterocycles. The fourth-order valence-electron chi connectivity index (χ4n) is 3.04. The second-order valence-corrected chi connectivity index (χ2v) is 6.21.